The molecule has 0 fully saturated rings. The van der Waals surface area contributed by atoms with Crippen LogP contribution < -0.4 is 4.90 Å². The fourth-order valence-electron chi connectivity index (χ4n) is 9.58. The minimum Gasteiger partial charge on any atom is -0.310 e. The first-order chi connectivity index (χ1) is 25.5. The van der Waals surface area contributed by atoms with Gasteiger partial charge in [-0.1, -0.05) is 147 Å². The maximum Gasteiger partial charge on any atom is 0.0735 e. The fraction of sp³-hybridized carbons (Fsp3) is 0.0800. The second-order valence-corrected chi connectivity index (χ2v) is 16.0. The molecule has 8 aromatic carbocycles. The van der Waals surface area contributed by atoms with Crippen LogP contribution in [0, 0.1) is 0 Å². The van der Waals surface area contributed by atoms with E-state index >= 15 is 0 Å². The highest BCUT2D eigenvalue weighted by Gasteiger charge is 2.50. The number of hydrogen-bond donors (Lipinski definition) is 0. The smallest absolute Gasteiger partial charge is 0.0735 e. The Morgan fingerprint density at radius 2 is 0.923 bits per heavy atom. The molecule has 0 saturated heterocycles. The van der Waals surface area contributed by atoms with Crippen LogP contribution >= 0.6 is 11.8 Å². The van der Waals surface area contributed by atoms with Gasteiger partial charge in [-0.05, 0) is 121 Å². The topological polar surface area (TPSA) is 3.24 Å². The highest BCUT2D eigenvalue weighted by atomic mass is 32.2. The van der Waals surface area contributed by atoms with Gasteiger partial charge in [0.15, 0.2) is 0 Å². The lowest BCUT2D eigenvalue weighted by atomic mass is 9.67. The van der Waals surface area contributed by atoms with Gasteiger partial charge >= 0.3 is 0 Å². The number of fused-ring (bicyclic) bond motifs is 13. The van der Waals surface area contributed by atoms with E-state index in [2.05, 4.69) is 195 Å². The van der Waals surface area contributed by atoms with Crippen LogP contribution in [0.2, 0.25) is 0 Å². The molecule has 2 aliphatic carbocycles. The van der Waals surface area contributed by atoms with Crippen LogP contribution in [0.15, 0.2) is 186 Å². The van der Waals surface area contributed by atoms with Gasteiger partial charge in [0.05, 0.1) is 5.41 Å². The standard InChI is InChI=1S/C50H35NS/c1-49(2)41-19-9-6-16-37(41)40-27-26-36(31-45(40)49)51(34-14-4-3-5-15-34)35-25-24-32-29-46-48(30-33(32)28-35)52-47-23-13-12-22-44(47)50(46)42-20-10-7-17-38(42)39-18-8-11-21-43(39)50/h3-31H,1-2H3. The molecule has 2 heteroatoms. The van der Waals surface area contributed by atoms with Crippen molar-refractivity contribution in [2.45, 2.75) is 34.5 Å². The molecule has 0 atom stereocenters. The lowest BCUT2D eigenvalue weighted by Crippen LogP contribution is -2.31. The zero-order chi connectivity index (χ0) is 34.6. The quantitative estimate of drug-likeness (QED) is 0.183. The van der Waals surface area contributed by atoms with Gasteiger partial charge in [-0.3, -0.25) is 0 Å². The molecule has 1 spiro atoms. The van der Waals surface area contributed by atoms with Crippen molar-refractivity contribution in [3.8, 4) is 22.3 Å². The Morgan fingerprint density at radius 3 is 1.65 bits per heavy atom. The highest BCUT2D eigenvalue weighted by Crippen LogP contribution is 2.62. The van der Waals surface area contributed by atoms with Crippen molar-refractivity contribution in [3.63, 3.8) is 0 Å². The van der Waals surface area contributed by atoms with Crippen molar-refractivity contribution in [3.05, 3.63) is 209 Å². The maximum atomic E-state index is 2.48. The third-order valence-electron chi connectivity index (χ3n) is 11.9. The van der Waals surface area contributed by atoms with Crippen molar-refractivity contribution < 1.29 is 0 Å². The molecule has 1 heterocycles. The average Bonchev–Trinajstić information content (AvgIpc) is 3.61. The number of nitrogens with zero attached hydrogens (tertiary/aromatic N) is 1. The van der Waals surface area contributed by atoms with Gasteiger partial charge in [0, 0.05) is 32.3 Å². The molecule has 11 rings (SSSR count). The predicted molar refractivity (Wildman–Crippen MR) is 218 cm³/mol. The molecule has 8 aromatic rings. The van der Waals surface area contributed by atoms with Crippen LogP contribution in [-0.2, 0) is 10.8 Å². The Bertz CT molecular complexity index is 2710. The number of anilines is 3. The summed E-state index contributed by atoms with van der Waals surface area (Å²) in [6.45, 7) is 4.72. The van der Waals surface area contributed by atoms with Gasteiger partial charge in [-0.25, -0.2) is 0 Å². The third-order valence-corrected chi connectivity index (χ3v) is 13.0. The predicted octanol–water partition coefficient (Wildman–Crippen LogP) is 13.4. The van der Waals surface area contributed by atoms with E-state index in [9.17, 15) is 0 Å². The molecule has 1 aliphatic heterocycles. The molecule has 3 aliphatic rings. The lowest BCUT2D eigenvalue weighted by Gasteiger charge is -2.40. The third kappa shape index (κ3) is 3.96. The van der Waals surface area contributed by atoms with E-state index in [-0.39, 0.29) is 10.8 Å². The second-order valence-electron chi connectivity index (χ2n) is 14.9. The van der Waals surface area contributed by atoms with Gasteiger partial charge in [-0.15, -0.1) is 0 Å². The number of hydrogen-bond acceptors (Lipinski definition) is 2. The van der Waals surface area contributed by atoms with Crippen LogP contribution in [0.1, 0.15) is 47.2 Å². The summed E-state index contributed by atoms with van der Waals surface area (Å²) in [5.74, 6) is 0. The zero-order valence-corrected chi connectivity index (χ0v) is 29.9. The molecule has 0 aromatic heterocycles. The number of benzene rings is 8. The molecule has 52 heavy (non-hydrogen) atoms. The summed E-state index contributed by atoms with van der Waals surface area (Å²) < 4.78 is 0. The molecule has 0 amide bonds. The molecule has 1 nitrogen and oxygen atoms in total. The summed E-state index contributed by atoms with van der Waals surface area (Å²) in [5, 5.41) is 2.50. The Hall–Kier alpha value is -5.83. The van der Waals surface area contributed by atoms with Gasteiger partial charge < -0.3 is 4.90 Å². The number of para-hydroxylation sites is 1. The Morgan fingerprint density at radius 1 is 0.365 bits per heavy atom. The molecule has 0 N–H and O–H groups in total. The Balaban J connectivity index is 1.11. The van der Waals surface area contributed by atoms with Gasteiger partial charge in [0.1, 0.15) is 0 Å². The van der Waals surface area contributed by atoms with Gasteiger partial charge in [0.2, 0.25) is 0 Å². The summed E-state index contributed by atoms with van der Waals surface area (Å²) in [6.07, 6.45) is 0. The van der Waals surface area contributed by atoms with E-state index in [1.807, 2.05) is 11.8 Å². The largest absolute Gasteiger partial charge is 0.310 e. The minimum atomic E-state index is -0.373. The van der Waals surface area contributed by atoms with Crippen LogP contribution in [-0.4, -0.2) is 0 Å². The van der Waals surface area contributed by atoms with Crippen LogP contribution in [0.3, 0.4) is 0 Å². The van der Waals surface area contributed by atoms with E-state index < -0.39 is 0 Å². The molecule has 0 radical (unpaired) electrons. The summed E-state index contributed by atoms with van der Waals surface area (Å²) in [6, 6.07) is 65.8. The molecule has 246 valence electrons. The van der Waals surface area contributed by atoms with Crippen molar-refractivity contribution in [1.29, 1.82) is 0 Å². The fourth-order valence-corrected chi connectivity index (χ4v) is 10.8. The normalized spacial score (nSPS) is 15.0. The van der Waals surface area contributed by atoms with Gasteiger partial charge in [0.25, 0.3) is 0 Å². The van der Waals surface area contributed by atoms with Crippen LogP contribution in [0.5, 0.6) is 0 Å². The highest BCUT2D eigenvalue weighted by molar-refractivity contribution is 7.99. The first-order valence-electron chi connectivity index (χ1n) is 18.2. The lowest BCUT2D eigenvalue weighted by molar-refractivity contribution is 0.660. The Labute approximate surface area is 309 Å². The second kappa shape index (κ2) is 10.8. The van der Waals surface area contributed by atoms with E-state index in [4.69, 9.17) is 0 Å². The average molecular weight is 682 g/mol. The van der Waals surface area contributed by atoms with E-state index in [0.29, 0.717) is 0 Å². The van der Waals surface area contributed by atoms with Crippen molar-refractivity contribution >= 4 is 39.6 Å². The Kier molecular flexibility index (Phi) is 6.22. The zero-order valence-electron chi connectivity index (χ0n) is 29.1. The molecule has 0 saturated carbocycles. The number of rotatable bonds is 3. The van der Waals surface area contributed by atoms with Crippen LogP contribution in [0.4, 0.5) is 17.1 Å². The molecular formula is C50H35NS. The SMILES string of the molecule is CC1(C)c2ccccc2-c2ccc(N(c3ccccc3)c3ccc4cc5c(cc4c3)Sc3ccccc3C53c4ccccc4-c4ccccc43)cc21. The summed E-state index contributed by atoms with van der Waals surface area (Å²) in [5.41, 5.74) is 16.6. The van der Waals surface area contributed by atoms with Crippen molar-refractivity contribution in [2.75, 3.05) is 4.90 Å². The first kappa shape index (κ1) is 29.9. The molecule has 0 unspecified atom stereocenters. The first-order valence-corrected chi connectivity index (χ1v) is 19.0. The van der Waals surface area contributed by atoms with Crippen LogP contribution in [0.25, 0.3) is 33.0 Å². The van der Waals surface area contributed by atoms with E-state index in [1.165, 1.54) is 81.9 Å². The summed E-state index contributed by atoms with van der Waals surface area (Å²) in [4.78, 5) is 5.06. The minimum absolute atomic E-state index is 0.0757. The maximum absolute atomic E-state index is 2.48. The van der Waals surface area contributed by atoms with E-state index in [0.717, 1.165) is 11.4 Å². The molecular weight excluding hydrogens is 647 g/mol. The monoisotopic (exact) mass is 681 g/mol. The van der Waals surface area contributed by atoms with E-state index in [1.54, 1.807) is 0 Å². The van der Waals surface area contributed by atoms with Gasteiger partial charge in [-0.2, -0.15) is 0 Å². The van der Waals surface area contributed by atoms with Crippen molar-refractivity contribution in [1.82, 2.24) is 0 Å². The summed E-state index contributed by atoms with van der Waals surface area (Å²) in [7, 11) is 0. The van der Waals surface area contributed by atoms with Crippen molar-refractivity contribution in [2.24, 2.45) is 0 Å². The molecule has 0 bridgehead atoms. The summed E-state index contributed by atoms with van der Waals surface area (Å²) >= 11 is 1.91.